The molecule has 3 aromatic heterocycles. The average molecular weight is 415 g/mol. The molecular weight excluding hydrogens is 400 g/mol. The van der Waals surface area contributed by atoms with Crippen molar-refractivity contribution < 1.29 is 9.90 Å². The Morgan fingerprint density at radius 3 is 2.81 bits per heavy atom. The first-order chi connectivity index (χ1) is 13.1. The van der Waals surface area contributed by atoms with Crippen LogP contribution in [-0.2, 0) is 5.75 Å². The fourth-order valence-electron chi connectivity index (χ4n) is 2.53. The van der Waals surface area contributed by atoms with Crippen LogP contribution in [0.3, 0.4) is 0 Å². The molecule has 0 radical (unpaired) electrons. The first-order valence-corrected chi connectivity index (χ1v) is 10.7. The normalized spacial score (nSPS) is 11.0. The molecule has 0 atom stereocenters. The van der Waals surface area contributed by atoms with Crippen molar-refractivity contribution in [3.63, 3.8) is 0 Å². The lowest BCUT2D eigenvalue weighted by Gasteiger charge is -2.10. The second kappa shape index (κ2) is 7.63. The van der Waals surface area contributed by atoms with Gasteiger partial charge < -0.3 is 5.11 Å². The average Bonchev–Trinajstić information content (AvgIpc) is 3.39. The summed E-state index contributed by atoms with van der Waals surface area (Å²) in [7, 11) is 0. The lowest BCUT2D eigenvalue weighted by Crippen LogP contribution is -2.00. The van der Waals surface area contributed by atoms with Gasteiger partial charge >= 0.3 is 5.97 Å². The predicted octanol–water partition coefficient (Wildman–Crippen LogP) is 4.75. The fourth-order valence-corrected chi connectivity index (χ4v) is 4.97. The van der Waals surface area contributed by atoms with Crippen LogP contribution in [0.25, 0.3) is 16.4 Å². The summed E-state index contributed by atoms with van der Waals surface area (Å²) in [4.78, 5) is 16.2. The predicted molar refractivity (Wildman–Crippen MR) is 108 cm³/mol. The van der Waals surface area contributed by atoms with Crippen molar-refractivity contribution >= 4 is 40.4 Å². The van der Waals surface area contributed by atoms with Gasteiger partial charge in [-0.15, -0.1) is 32.9 Å². The van der Waals surface area contributed by atoms with E-state index >= 15 is 0 Å². The molecular formula is C18H14N4O2S3. The lowest BCUT2D eigenvalue weighted by molar-refractivity contribution is 0.0691. The molecule has 0 saturated carbocycles. The Kier molecular flexibility index (Phi) is 5.06. The van der Waals surface area contributed by atoms with E-state index in [1.54, 1.807) is 16.7 Å². The van der Waals surface area contributed by atoms with Crippen molar-refractivity contribution in [1.29, 1.82) is 0 Å². The van der Waals surface area contributed by atoms with Gasteiger partial charge in [-0.1, -0.05) is 30.0 Å². The first kappa shape index (κ1) is 17.9. The summed E-state index contributed by atoms with van der Waals surface area (Å²) in [6.07, 6.45) is 0. The summed E-state index contributed by atoms with van der Waals surface area (Å²) in [5.41, 5.74) is 2.23. The standard InChI is InChI=1S/C18H14N4O2S3/c1-11-4-2-5-12(8-11)22-16(14-6-3-7-25-14)20-21-18(22)27-10-15-19-13(9-26-15)17(23)24/h2-9H,10H2,1H3,(H,23,24). The SMILES string of the molecule is Cc1cccc(-n2c(SCc3nc(C(=O)O)cs3)nnc2-c2cccs2)c1. The summed E-state index contributed by atoms with van der Waals surface area (Å²) in [5, 5.41) is 22.9. The lowest BCUT2D eigenvalue weighted by atomic mass is 10.2. The Bertz CT molecular complexity index is 1090. The third-order valence-corrected chi connectivity index (χ3v) is 6.57. The van der Waals surface area contributed by atoms with E-state index in [1.807, 2.05) is 34.2 Å². The monoisotopic (exact) mass is 414 g/mol. The zero-order valence-corrected chi connectivity index (χ0v) is 16.6. The van der Waals surface area contributed by atoms with E-state index in [-0.39, 0.29) is 5.69 Å². The van der Waals surface area contributed by atoms with Crippen molar-refractivity contribution in [3.05, 3.63) is 63.4 Å². The topological polar surface area (TPSA) is 80.9 Å². The molecule has 0 spiro atoms. The maximum atomic E-state index is 11.0. The van der Waals surface area contributed by atoms with Crippen LogP contribution in [0, 0.1) is 6.92 Å². The van der Waals surface area contributed by atoms with Crippen LogP contribution in [0.4, 0.5) is 0 Å². The quantitative estimate of drug-likeness (QED) is 0.459. The number of aromatic carboxylic acids is 1. The molecule has 0 fully saturated rings. The summed E-state index contributed by atoms with van der Waals surface area (Å²) < 4.78 is 2.04. The third kappa shape index (κ3) is 3.80. The van der Waals surface area contributed by atoms with Gasteiger partial charge in [0.05, 0.1) is 16.3 Å². The van der Waals surface area contributed by atoms with Crippen molar-refractivity contribution in [2.24, 2.45) is 0 Å². The van der Waals surface area contributed by atoms with Crippen LogP contribution < -0.4 is 0 Å². The highest BCUT2D eigenvalue weighted by atomic mass is 32.2. The van der Waals surface area contributed by atoms with E-state index in [0.717, 1.165) is 32.1 Å². The van der Waals surface area contributed by atoms with Crippen LogP contribution in [0.2, 0.25) is 0 Å². The Labute approximate surface area is 167 Å². The second-order valence-corrected chi connectivity index (χ2v) is 8.51. The van der Waals surface area contributed by atoms with Crippen molar-refractivity contribution in [2.75, 3.05) is 0 Å². The number of carbonyl (C=O) groups is 1. The Hall–Kier alpha value is -2.49. The highest BCUT2D eigenvalue weighted by Crippen LogP contribution is 2.32. The van der Waals surface area contributed by atoms with E-state index in [0.29, 0.717) is 5.75 Å². The number of aromatic nitrogens is 4. The van der Waals surface area contributed by atoms with Crippen LogP contribution in [0.15, 0.2) is 52.3 Å². The number of aryl methyl sites for hydroxylation is 1. The number of nitrogens with zero attached hydrogens (tertiary/aromatic N) is 4. The number of thiophene rings is 1. The van der Waals surface area contributed by atoms with Gasteiger partial charge in [0.2, 0.25) is 0 Å². The fraction of sp³-hybridized carbons (Fsp3) is 0.111. The van der Waals surface area contributed by atoms with E-state index in [2.05, 4.69) is 34.2 Å². The van der Waals surface area contributed by atoms with Gasteiger partial charge in [-0.05, 0) is 36.1 Å². The van der Waals surface area contributed by atoms with Crippen LogP contribution in [-0.4, -0.2) is 30.8 Å². The molecule has 27 heavy (non-hydrogen) atoms. The van der Waals surface area contributed by atoms with E-state index in [1.165, 1.54) is 23.1 Å². The Morgan fingerprint density at radius 2 is 2.11 bits per heavy atom. The number of carboxylic acids is 1. The van der Waals surface area contributed by atoms with Crippen LogP contribution in [0.5, 0.6) is 0 Å². The molecule has 1 aromatic carbocycles. The minimum absolute atomic E-state index is 0.0787. The molecule has 0 bridgehead atoms. The van der Waals surface area contributed by atoms with Crippen molar-refractivity contribution in [1.82, 2.24) is 19.7 Å². The van der Waals surface area contributed by atoms with E-state index in [9.17, 15) is 4.79 Å². The number of hydrogen-bond acceptors (Lipinski definition) is 7. The summed E-state index contributed by atoms with van der Waals surface area (Å²) >= 11 is 4.45. The van der Waals surface area contributed by atoms with Crippen molar-refractivity contribution in [2.45, 2.75) is 17.8 Å². The maximum Gasteiger partial charge on any atom is 0.355 e. The number of hydrogen-bond donors (Lipinski definition) is 1. The largest absolute Gasteiger partial charge is 0.476 e. The number of thioether (sulfide) groups is 1. The highest BCUT2D eigenvalue weighted by Gasteiger charge is 2.18. The van der Waals surface area contributed by atoms with E-state index in [4.69, 9.17) is 5.11 Å². The molecule has 0 unspecified atom stereocenters. The third-order valence-electron chi connectivity index (χ3n) is 3.73. The molecule has 0 aliphatic rings. The van der Waals surface area contributed by atoms with Crippen molar-refractivity contribution in [3.8, 4) is 16.4 Å². The maximum absolute atomic E-state index is 11.0. The zero-order chi connectivity index (χ0) is 18.8. The van der Waals surface area contributed by atoms with Gasteiger partial charge in [0.1, 0.15) is 5.01 Å². The molecule has 0 aliphatic carbocycles. The van der Waals surface area contributed by atoms with Gasteiger partial charge in [-0.2, -0.15) is 0 Å². The molecule has 0 amide bonds. The summed E-state index contributed by atoms with van der Waals surface area (Å²) in [6.45, 7) is 2.05. The molecule has 136 valence electrons. The van der Waals surface area contributed by atoms with E-state index < -0.39 is 5.97 Å². The number of benzene rings is 1. The molecule has 4 aromatic rings. The Balaban J connectivity index is 1.68. The number of rotatable bonds is 6. The number of carboxylic acid groups (broad SMARTS) is 1. The van der Waals surface area contributed by atoms with Crippen LogP contribution in [0.1, 0.15) is 21.1 Å². The smallest absolute Gasteiger partial charge is 0.355 e. The minimum Gasteiger partial charge on any atom is -0.476 e. The molecule has 9 heteroatoms. The minimum atomic E-state index is -1.01. The highest BCUT2D eigenvalue weighted by molar-refractivity contribution is 7.98. The summed E-state index contributed by atoms with van der Waals surface area (Å²) in [5.74, 6) is 0.320. The molecule has 6 nitrogen and oxygen atoms in total. The summed E-state index contributed by atoms with van der Waals surface area (Å²) in [6, 6.07) is 12.2. The zero-order valence-electron chi connectivity index (χ0n) is 14.2. The molecule has 1 N–H and O–H groups in total. The van der Waals surface area contributed by atoms with Gasteiger partial charge in [-0.25, -0.2) is 9.78 Å². The second-order valence-electron chi connectivity index (χ2n) is 5.68. The Morgan fingerprint density at radius 1 is 1.22 bits per heavy atom. The molecule has 0 saturated heterocycles. The molecule has 3 heterocycles. The van der Waals surface area contributed by atoms with Gasteiger partial charge in [0.15, 0.2) is 16.7 Å². The van der Waals surface area contributed by atoms with Gasteiger partial charge in [-0.3, -0.25) is 4.57 Å². The molecule has 0 aliphatic heterocycles. The van der Waals surface area contributed by atoms with Gasteiger partial charge in [0, 0.05) is 5.38 Å². The number of thiazole rings is 1. The first-order valence-electron chi connectivity index (χ1n) is 7.98. The van der Waals surface area contributed by atoms with Crippen LogP contribution >= 0.6 is 34.4 Å². The molecule has 4 rings (SSSR count). The van der Waals surface area contributed by atoms with Gasteiger partial charge in [0.25, 0.3) is 0 Å².